The second-order valence-corrected chi connectivity index (χ2v) is 8.07. The minimum absolute atomic E-state index is 0.00357. The van der Waals surface area contributed by atoms with Gasteiger partial charge >= 0.3 is 0 Å². The van der Waals surface area contributed by atoms with Gasteiger partial charge in [0, 0.05) is 17.3 Å². The number of amides is 2. The van der Waals surface area contributed by atoms with Crippen LogP contribution in [0.2, 0.25) is 5.02 Å². The summed E-state index contributed by atoms with van der Waals surface area (Å²) in [5, 5.41) is 3.44. The Kier molecular flexibility index (Phi) is 4.92. The van der Waals surface area contributed by atoms with Crippen LogP contribution in [0.15, 0.2) is 48.5 Å². The van der Waals surface area contributed by atoms with Gasteiger partial charge in [-0.3, -0.25) is 19.1 Å². The molecule has 2 atom stereocenters. The van der Waals surface area contributed by atoms with E-state index in [-0.39, 0.29) is 24.3 Å². The Labute approximate surface area is 178 Å². The highest BCUT2D eigenvalue weighted by Crippen LogP contribution is 2.37. The van der Waals surface area contributed by atoms with Gasteiger partial charge in [0.2, 0.25) is 11.9 Å². The number of rotatable bonds is 5. The number of fused-ring (bicyclic) bond motifs is 3. The maximum atomic E-state index is 13.3. The zero-order valence-corrected chi connectivity index (χ0v) is 17.0. The number of halogens is 1. The highest BCUT2D eigenvalue weighted by atomic mass is 35.5. The third-order valence-corrected chi connectivity index (χ3v) is 5.85. The quantitative estimate of drug-likeness (QED) is 0.676. The van der Waals surface area contributed by atoms with Crippen molar-refractivity contribution in [2.24, 2.45) is 0 Å². The second kappa shape index (κ2) is 7.74. The predicted molar refractivity (Wildman–Crippen MR) is 115 cm³/mol. The number of nitrogens with zero attached hydrogens (tertiary/aromatic N) is 3. The van der Waals surface area contributed by atoms with Gasteiger partial charge < -0.3 is 10.1 Å². The molecule has 8 heteroatoms. The summed E-state index contributed by atoms with van der Waals surface area (Å²) in [6.07, 6.45) is 1.95. The number of hydrogen-bond donors (Lipinski definition) is 1. The lowest BCUT2D eigenvalue weighted by molar-refractivity contribution is -0.124. The van der Waals surface area contributed by atoms with E-state index in [0.29, 0.717) is 23.2 Å². The largest absolute Gasteiger partial charge is 0.376 e. The summed E-state index contributed by atoms with van der Waals surface area (Å²) >= 11 is 5.91. The van der Waals surface area contributed by atoms with E-state index in [2.05, 4.69) is 10.3 Å². The number of carbonyl (C=O) groups is 2. The Morgan fingerprint density at radius 3 is 2.77 bits per heavy atom. The standard InChI is InChI=1S/C22H21ClN4O3/c23-14-7-9-15(10-8-14)24-20(28)12-19-21(29)26(13-16-4-3-11-30-16)22-25-17-5-1-2-6-18(17)27(19)22/h1-2,5-10,16,19H,3-4,11-13H2,(H,24,28)/t16-,19-/m0/s1. The minimum Gasteiger partial charge on any atom is -0.376 e. The fourth-order valence-electron chi connectivity index (χ4n) is 4.18. The molecule has 1 fully saturated rings. The number of ether oxygens (including phenoxy) is 1. The Morgan fingerprint density at radius 1 is 1.20 bits per heavy atom. The molecule has 3 aromatic rings. The van der Waals surface area contributed by atoms with Gasteiger partial charge in [0.05, 0.1) is 30.1 Å². The first-order valence-corrected chi connectivity index (χ1v) is 10.4. The molecular formula is C22H21ClN4O3. The summed E-state index contributed by atoms with van der Waals surface area (Å²) in [6, 6.07) is 13.9. The van der Waals surface area contributed by atoms with Gasteiger partial charge in [-0.05, 0) is 49.2 Å². The van der Waals surface area contributed by atoms with Gasteiger partial charge in [0.1, 0.15) is 6.04 Å². The predicted octanol–water partition coefficient (Wildman–Crippen LogP) is 3.79. The number of imidazole rings is 1. The monoisotopic (exact) mass is 424 g/mol. The van der Waals surface area contributed by atoms with Crippen LogP contribution in [-0.4, -0.2) is 40.6 Å². The Balaban J connectivity index is 1.43. The third kappa shape index (κ3) is 3.44. The van der Waals surface area contributed by atoms with Gasteiger partial charge in [0.15, 0.2) is 0 Å². The molecule has 0 unspecified atom stereocenters. The molecular weight excluding hydrogens is 404 g/mol. The molecule has 1 N–H and O–H groups in total. The SMILES string of the molecule is O=C(C[C@H]1C(=O)N(C[C@@H]2CCCO2)c2nc3ccccc3n21)Nc1ccc(Cl)cc1. The minimum atomic E-state index is -0.638. The number of anilines is 2. The molecule has 0 saturated carbocycles. The number of hydrogen-bond acceptors (Lipinski definition) is 4. The van der Waals surface area contributed by atoms with Crippen LogP contribution < -0.4 is 10.2 Å². The first-order valence-electron chi connectivity index (χ1n) is 10.1. The van der Waals surface area contributed by atoms with E-state index < -0.39 is 6.04 Å². The van der Waals surface area contributed by atoms with Crippen molar-refractivity contribution in [3.8, 4) is 0 Å². The van der Waals surface area contributed by atoms with E-state index >= 15 is 0 Å². The van der Waals surface area contributed by atoms with Crippen LogP contribution in [0, 0.1) is 0 Å². The smallest absolute Gasteiger partial charge is 0.253 e. The third-order valence-electron chi connectivity index (χ3n) is 5.60. The van der Waals surface area contributed by atoms with Crippen molar-refractivity contribution in [3.05, 3.63) is 53.6 Å². The van der Waals surface area contributed by atoms with Crippen molar-refractivity contribution in [1.29, 1.82) is 0 Å². The molecule has 2 amide bonds. The first kappa shape index (κ1) is 19.1. The highest BCUT2D eigenvalue weighted by molar-refractivity contribution is 6.30. The van der Waals surface area contributed by atoms with Crippen molar-refractivity contribution in [3.63, 3.8) is 0 Å². The highest BCUT2D eigenvalue weighted by Gasteiger charge is 2.42. The van der Waals surface area contributed by atoms with Crippen molar-refractivity contribution < 1.29 is 14.3 Å². The fourth-order valence-corrected chi connectivity index (χ4v) is 4.31. The van der Waals surface area contributed by atoms with Crippen molar-refractivity contribution >= 4 is 46.1 Å². The molecule has 1 saturated heterocycles. The molecule has 0 radical (unpaired) electrons. The van der Waals surface area contributed by atoms with E-state index in [1.54, 1.807) is 29.2 Å². The van der Waals surface area contributed by atoms with E-state index in [9.17, 15) is 9.59 Å². The van der Waals surface area contributed by atoms with Crippen LogP contribution in [0.3, 0.4) is 0 Å². The lowest BCUT2D eigenvalue weighted by Crippen LogP contribution is -2.37. The van der Waals surface area contributed by atoms with Gasteiger partial charge in [0.25, 0.3) is 5.91 Å². The molecule has 1 aromatic heterocycles. The maximum absolute atomic E-state index is 13.3. The molecule has 2 aliphatic heterocycles. The second-order valence-electron chi connectivity index (χ2n) is 7.63. The van der Waals surface area contributed by atoms with Crippen molar-refractivity contribution in [2.45, 2.75) is 31.4 Å². The average Bonchev–Trinajstić information content (AvgIpc) is 3.44. The van der Waals surface area contributed by atoms with E-state index in [1.165, 1.54) is 0 Å². The van der Waals surface area contributed by atoms with Gasteiger partial charge in [-0.25, -0.2) is 4.98 Å². The van der Waals surface area contributed by atoms with Crippen molar-refractivity contribution in [2.75, 3.05) is 23.4 Å². The molecule has 0 bridgehead atoms. The number of aromatic nitrogens is 2. The summed E-state index contributed by atoms with van der Waals surface area (Å²) in [4.78, 5) is 32.4. The Bertz CT molecular complexity index is 1110. The van der Waals surface area contributed by atoms with Gasteiger partial charge in [-0.2, -0.15) is 0 Å². The number of benzene rings is 2. The molecule has 3 heterocycles. The van der Waals surface area contributed by atoms with Crippen LogP contribution in [0.1, 0.15) is 25.3 Å². The lowest BCUT2D eigenvalue weighted by atomic mass is 10.1. The van der Waals surface area contributed by atoms with Crippen LogP contribution in [0.4, 0.5) is 11.6 Å². The van der Waals surface area contributed by atoms with Crippen LogP contribution >= 0.6 is 11.6 Å². The molecule has 0 spiro atoms. The zero-order chi connectivity index (χ0) is 20.7. The Morgan fingerprint density at radius 2 is 2.00 bits per heavy atom. The van der Waals surface area contributed by atoms with Gasteiger partial charge in [-0.15, -0.1) is 0 Å². The topological polar surface area (TPSA) is 76.5 Å². The molecule has 7 nitrogen and oxygen atoms in total. The molecule has 5 rings (SSSR count). The summed E-state index contributed by atoms with van der Waals surface area (Å²) in [5.41, 5.74) is 2.29. The summed E-state index contributed by atoms with van der Waals surface area (Å²) in [7, 11) is 0. The normalized spacial score (nSPS) is 20.7. The molecule has 0 aliphatic carbocycles. The van der Waals surface area contributed by atoms with E-state index in [4.69, 9.17) is 16.3 Å². The average molecular weight is 425 g/mol. The van der Waals surface area contributed by atoms with Crippen LogP contribution in [0.25, 0.3) is 11.0 Å². The lowest BCUT2D eigenvalue weighted by Gasteiger charge is -2.19. The van der Waals surface area contributed by atoms with Crippen molar-refractivity contribution in [1.82, 2.24) is 9.55 Å². The fraction of sp³-hybridized carbons (Fsp3) is 0.318. The molecule has 30 heavy (non-hydrogen) atoms. The summed E-state index contributed by atoms with van der Waals surface area (Å²) < 4.78 is 7.62. The summed E-state index contributed by atoms with van der Waals surface area (Å²) in [6.45, 7) is 1.17. The van der Waals surface area contributed by atoms with E-state index in [1.807, 2.05) is 28.8 Å². The van der Waals surface area contributed by atoms with Crippen LogP contribution in [-0.2, 0) is 14.3 Å². The first-order chi connectivity index (χ1) is 14.6. The van der Waals surface area contributed by atoms with E-state index in [0.717, 1.165) is 30.5 Å². The molecule has 2 aliphatic rings. The molecule has 2 aromatic carbocycles. The summed E-state index contributed by atoms with van der Waals surface area (Å²) in [5.74, 6) is 0.226. The molecule has 154 valence electrons. The number of nitrogens with one attached hydrogen (secondary N) is 1. The van der Waals surface area contributed by atoms with Crippen LogP contribution in [0.5, 0.6) is 0 Å². The van der Waals surface area contributed by atoms with Gasteiger partial charge in [-0.1, -0.05) is 23.7 Å². The maximum Gasteiger partial charge on any atom is 0.253 e. The number of carbonyl (C=O) groups excluding carboxylic acids is 2. The Hall–Kier alpha value is -2.90. The zero-order valence-electron chi connectivity index (χ0n) is 16.3. The number of para-hydroxylation sites is 2.